The third-order valence-corrected chi connectivity index (χ3v) is 3.81. The number of aromatic nitrogens is 2. The van der Waals surface area contributed by atoms with Gasteiger partial charge in [0.1, 0.15) is 5.82 Å². The lowest BCUT2D eigenvalue weighted by molar-refractivity contribution is 0.602. The van der Waals surface area contributed by atoms with Gasteiger partial charge in [0.2, 0.25) is 0 Å². The van der Waals surface area contributed by atoms with Crippen molar-refractivity contribution in [3.63, 3.8) is 0 Å². The SMILES string of the molecule is CCNc1nc(CSC(C)CC)nc(C)c1F. The molecule has 1 rings (SSSR count). The summed E-state index contributed by atoms with van der Waals surface area (Å²) in [4.78, 5) is 8.39. The number of rotatable bonds is 6. The molecule has 0 saturated carbocycles. The first kappa shape index (κ1) is 14.2. The molecule has 0 aliphatic rings. The molecule has 0 amide bonds. The Hall–Kier alpha value is -0.840. The van der Waals surface area contributed by atoms with Crippen molar-refractivity contribution in [2.24, 2.45) is 0 Å². The van der Waals surface area contributed by atoms with Gasteiger partial charge in [-0.25, -0.2) is 14.4 Å². The summed E-state index contributed by atoms with van der Waals surface area (Å²) in [5, 5.41) is 3.50. The van der Waals surface area contributed by atoms with Gasteiger partial charge in [0.05, 0.1) is 11.4 Å². The minimum absolute atomic E-state index is 0.319. The van der Waals surface area contributed by atoms with Crippen molar-refractivity contribution >= 4 is 17.6 Å². The maximum Gasteiger partial charge on any atom is 0.186 e. The number of hydrogen-bond donors (Lipinski definition) is 1. The van der Waals surface area contributed by atoms with Crippen LogP contribution < -0.4 is 5.32 Å². The van der Waals surface area contributed by atoms with Gasteiger partial charge in [-0.3, -0.25) is 0 Å². The van der Waals surface area contributed by atoms with E-state index in [4.69, 9.17) is 0 Å². The van der Waals surface area contributed by atoms with Crippen LogP contribution >= 0.6 is 11.8 Å². The zero-order valence-corrected chi connectivity index (χ0v) is 11.7. The van der Waals surface area contributed by atoms with Crippen LogP contribution in [0.25, 0.3) is 0 Å². The van der Waals surface area contributed by atoms with Crippen LogP contribution in [-0.4, -0.2) is 21.8 Å². The average molecular weight is 257 g/mol. The van der Waals surface area contributed by atoms with Gasteiger partial charge in [-0.05, 0) is 20.3 Å². The highest BCUT2D eigenvalue weighted by atomic mass is 32.2. The van der Waals surface area contributed by atoms with Crippen LogP contribution in [0.3, 0.4) is 0 Å². The van der Waals surface area contributed by atoms with Crippen molar-refractivity contribution < 1.29 is 4.39 Å². The van der Waals surface area contributed by atoms with Crippen molar-refractivity contribution in [2.75, 3.05) is 11.9 Å². The molecule has 1 N–H and O–H groups in total. The molecule has 0 saturated heterocycles. The van der Waals surface area contributed by atoms with Crippen LogP contribution in [0.1, 0.15) is 38.7 Å². The highest BCUT2D eigenvalue weighted by Gasteiger charge is 2.11. The van der Waals surface area contributed by atoms with Gasteiger partial charge in [-0.15, -0.1) is 0 Å². The quantitative estimate of drug-likeness (QED) is 0.847. The Kier molecular flexibility index (Phi) is 5.68. The molecule has 1 aromatic heterocycles. The van der Waals surface area contributed by atoms with E-state index >= 15 is 0 Å². The van der Waals surface area contributed by atoms with E-state index in [2.05, 4.69) is 29.1 Å². The topological polar surface area (TPSA) is 37.8 Å². The minimum Gasteiger partial charge on any atom is -0.368 e. The van der Waals surface area contributed by atoms with Crippen molar-refractivity contribution in [3.05, 3.63) is 17.3 Å². The van der Waals surface area contributed by atoms with E-state index in [0.29, 0.717) is 29.1 Å². The molecule has 17 heavy (non-hydrogen) atoms. The first-order valence-corrected chi connectivity index (χ1v) is 7.01. The summed E-state index contributed by atoms with van der Waals surface area (Å²) in [7, 11) is 0. The Morgan fingerprint density at radius 1 is 1.35 bits per heavy atom. The fraction of sp³-hybridized carbons (Fsp3) is 0.667. The van der Waals surface area contributed by atoms with Crippen molar-refractivity contribution in [3.8, 4) is 0 Å². The molecule has 1 atom stereocenters. The van der Waals surface area contributed by atoms with Gasteiger partial charge < -0.3 is 5.32 Å². The van der Waals surface area contributed by atoms with Gasteiger partial charge in [0, 0.05) is 11.8 Å². The molecule has 1 heterocycles. The van der Waals surface area contributed by atoms with Crippen LogP contribution in [0.15, 0.2) is 0 Å². The van der Waals surface area contributed by atoms with Gasteiger partial charge in [0.25, 0.3) is 0 Å². The van der Waals surface area contributed by atoms with E-state index in [9.17, 15) is 4.39 Å². The van der Waals surface area contributed by atoms with Crippen molar-refractivity contribution in [1.29, 1.82) is 0 Å². The molecular weight excluding hydrogens is 237 g/mol. The van der Waals surface area contributed by atoms with Crippen LogP contribution in [-0.2, 0) is 5.75 Å². The lowest BCUT2D eigenvalue weighted by atomic mass is 10.4. The van der Waals surface area contributed by atoms with Gasteiger partial charge >= 0.3 is 0 Å². The summed E-state index contributed by atoms with van der Waals surface area (Å²) in [6.45, 7) is 8.58. The number of hydrogen-bond acceptors (Lipinski definition) is 4. The summed E-state index contributed by atoms with van der Waals surface area (Å²) in [6.07, 6.45) is 1.12. The Morgan fingerprint density at radius 2 is 2.06 bits per heavy atom. The number of aryl methyl sites for hydroxylation is 1. The van der Waals surface area contributed by atoms with Gasteiger partial charge in [-0.2, -0.15) is 11.8 Å². The first-order chi connectivity index (χ1) is 8.08. The summed E-state index contributed by atoms with van der Waals surface area (Å²) in [6, 6.07) is 0. The number of anilines is 1. The number of nitrogens with one attached hydrogen (secondary N) is 1. The maximum atomic E-state index is 13.6. The predicted octanol–water partition coefficient (Wildman–Crippen LogP) is 3.39. The molecular formula is C12H20FN3S. The van der Waals surface area contributed by atoms with Crippen LogP contribution in [0.5, 0.6) is 0 Å². The summed E-state index contributed by atoms with van der Waals surface area (Å²) in [5.41, 5.74) is 0.413. The van der Waals surface area contributed by atoms with Crippen molar-refractivity contribution in [1.82, 2.24) is 9.97 Å². The lowest BCUT2D eigenvalue weighted by Gasteiger charge is -2.10. The van der Waals surface area contributed by atoms with E-state index in [1.165, 1.54) is 0 Å². The Morgan fingerprint density at radius 3 is 2.65 bits per heavy atom. The molecule has 1 aromatic rings. The largest absolute Gasteiger partial charge is 0.368 e. The van der Waals surface area contributed by atoms with Crippen molar-refractivity contribution in [2.45, 2.75) is 45.1 Å². The second-order valence-corrected chi connectivity index (χ2v) is 5.37. The molecule has 1 unspecified atom stereocenters. The van der Waals surface area contributed by atoms with Crippen LogP contribution in [0.4, 0.5) is 10.2 Å². The van der Waals surface area contributed by atoms with E-state index in [1.807, 2.05) is 6.92 Å². The molecule has 0 aliphatic heterocycles. The summed E-state index contributed by atoms with van der Waals surface area (Å²) < 4.78 is 13.6. The summed E-state index contributed by atoms with van der Waals surface area (Å²) in [5.74, 6) is 1.41. The first-order valence-electron chi connectivity index (χ1n) is 5.96. The molecule has 0 radical (unpaired) electrons. The normalized spacial score (nSPS) is 12.5. The number of thioether (sulfide) groups is 1. The molecule has 0 bridgehead atoms. The second-order valence-electron chi connectivity index (χ2n) is 3.95. The fourth-order valence-corrected chi connectivity index (χ4v) is 2.10. The van der Waals surface area contributed by atoms with Gasteiger partial charge in [0.15, 0.2) is 11.6 Å². The highest BCUT2D eigenvalue weighted by molar-refractivity contribution is 7.99. The molecule has 0 spiro atoms. The van der Waals surface area contributed by atoms with Crippen LogP contribution in [0, 0.1) is 12.7 Å². The predicted molar refractivity (Wildman–Crippen MR) is 71.9 cm³/mol. The molecule has 96 valence electrons. The van der Waals surface area contributed by atoms with E-state index in [1.54, 1.807) is 18.7 Å². The standard InChI is InChI=1S/C12H20FN3S/c1-5-8(3)17-7-10-15-9(4)11(13)12(16-10)14-6-2/h8H,5-7H2,1-4H3,(H,14,15,16). The Balaban J connectivity index is 2.79. The smallest absolute Gasteiger partial charge is 0.186 e. The Bertz CT molecular complexity index is 371. The zero-order valence-electron chi connectivity index (χ0n) is 10.9. The highest BCUT2D eigenvalue weighted by Crippen LogP contribution is 2.20. The molecule has 0 fully saturated rings. The molecule has 0 aliphatic carbocycles. The summed E-state index contributed by atoms with van der Waals surface area (Å²) >= 11 is 1.80. The monoisotopic (exact) mass is 257 g/mol. The van der Waals surface area contributed by atoms with Crippen LogP contribution in [0.2, 0.25) is 0 Å². The second kappa shape index (κ2) is 6.79. The fourth-order valence-electron chi connectivity index (χ4n) is 1.30. The number of halogens is 1. The third kappa shape index (κ3) is 4.15. The van der Waals surface area contributed by atoms with Gasteiger partial charge in [-0.1, -0.05) is 13.8 Å². The Labute approximate surface area is 107 Å². The third-order valence-electron chi connectivity index (χ3n) is 2.48. The van der Waals surface area contributed by atoms with E-state index < -0.39 is 0 Å². The average Bonchev–Trinajstić information content (AvgIpc) is 2.32. The maximum absolute atomic E-state index is 13.6. The molecule has 0 aromatic carbocycles. The number of nitrogens with zero attached hydrogens (tertiary/aromatic N) is 2. The van der Waals surface area contributed by atoms with E-state index in [0.717, 1.165) is 12.2 Å². The molecule has 5 heteroatoms. The molecule has 3 nitrogen and oxygen atoms in total. The zero-order chi connectivity index (χ0) is 12.8. The van der Waals surface area contributed by atoms with E-state index in [-0.39, 0.29) is 5.82 Å². The minimum atomic E-state index is -0.343. The lowest BCUT2D eigenvalue weighted by Crippen LogP contribution is -2.08.